The van der Waals surface area contributed by atoms with E-state index in [0.717, 1.165) is 13.1 Å². The van der Waals surface area contributed by atoms with E-state index in [9.17, 15) is 0 Å². The first-order valence-electron chi connectivity index (χ1n) is 6.39. The Morgan fingerprint density at radius 2 is 1.79 bits per heavy atom. The molecule has 1 heterocycles. The van der Waals surface area contributed by atoms with Gasteiger partial charge in [-0.2, -0.15) is 15.0 Å². The van der Waals surface area contributed by atoms with E-state index in [1.165, 1.54) is 7.11 Å². The molecule has 1 aromatic heterocycles. The Labute approximate surface area is 119 Å². The van der Waals surface area contributed by atoms with Gasteiger partial charge in [-0.1, -0.05) is 0 Å². The summed E-state index contributed by atoms with van der Waals surface area (Å²) in [5.74, 6) is 0.435. The molecule has 0 aliphatic heterocycles. The van der Waals surface area contributed by atoms with Gasteiger partial charge < -0.3 is 10.1 Å². The first-order valence-corrected chi connectivity index (χ1v) is 6.77. The minimum absolute atomic E-state index is 0.124. The number of nitrogens with zero attached hydrogens (tertiary/aromatic N) is 4. The zero-order valence-corrected chi connectivity index (χ0v) is 12.9. The molecule has 1 N–H and O–H groups in total. The van der Waals surface area contributed by atoms with Gasteiger partial charge in [-0.25, -0.2) is 0 Å². The largest absolute Gasteiger partial charge is 0.467 e. The maximum absolute atomic E-state index is 5.78. The van der Waals surface area contributed by atoms with Crippen LogP contribution in [-0.2, 0) is 0 Å². The molecular formula is C12H22ClN5O. The van der Waals surface area contributed by atoms with Gasteiger partial charge >= 0.3 is 6.01 Å². The predicted octanol–water partition coefficient (Wildman–Crippen LogP) is 2.06. The van der Waals surface area contributed by atoms with Gasteiger partial charge in [-0.05, 0) is 39.3 Å². The van der Waals surface area contributed by atoms with Crippen LogP contribution < -0.4 is 10.1 Å². The molecule has 0 unspecified atom stereocenters. The highest BCUT2D eigenvalue weighted by Gasteiger charge is 2.13. The van der Waals surface area contributed by atoms with Crippen molar-refractivity contribution in [2.24, 2.45) is 0 Å². The maximum Gasteiger partial charge on any atom is 0.322 e. The second kappa shape index (κ2) is 7.45. The van der Waals surface area contributed by atoms with Crippen LogP contribution in [0.15, 0.2) is 0 Å². The number of rotatable bonds is 7. The third kappa shape index (κ3) is 5.16. The number of nitrogens with one attached hydrogen (secondary N) is 1. The summed E-state index contributed by atoms with van der Waals surface area (Å²) in [6, 6.07) is 1.21. The van der Waals surface area contributed by atoms with Crippen LogP contribution in [-0.4, -0.2) is 52.1 Å². The summed E-state index contributed by atoms with van der Waals surface area (Å²) >= 11 is 5.78. The summed E-state index contributed by atoms with van der Waals surface area (Å²) < 4.78 is 4.94. The third-order valence-electron chi connectivity index (χ3n) is 2.75. The lowest BCUT2D eigenvalue weighted by atomic mass is 10.2. The van der Waals surface area contributed by atoms with E-state index in [4.69, 9.17) is 16.3 Å². The minimum atomic E-state index is 0.124. The molecule has 1 aromatic rings. The van der Waals surface area contributed by atoms with E-state index in [1.54, 1.807) is 0 Å². The molecule has 0 radical (unpaired) electrons. The van der Waals surface area contributed by atoms with Gasteiger partial charge in [-0.3, -0.25) is 4.90 Å². The van der Waals surface area contributed by atoms with Crippen molar-refractivity contribution in [2.45, 2.75) is 39.8 Å². The zero-order chi connectivity index (χ0) is 14.4. The topological polar surface area (TPSA) is 63.2 Å². The second-order valence-corrected chi connectivity index (χ2v) is 5.10. The van der Waals surface area contributed by atoms with E-state index in [-0.39, 0.29) is 11.3 Å². The van der Waals surface area contributed by atoms with Gasteiger partial charge in [0.25, 0.3) is 0 Å². The van der Waals surface area contributed by atoms with Crippen molar-refractivity contribution >= 4 is 17.5 Å². The van der Waals surface area contributed by atoms with Gasteiger partial charge in [0, 0.05) is 25.2 Å². The van der Waals surface area contributed by atoms with Gasteiger partial charge in [0.1, 0.15) is 0 Å². The highest BCUT2D eigenvalue weighted by molar-refractivity contribution is 6.28. The Kier molecular flexibility index (Phi) is 6.24. The first-order chi connectivity index (χ1) is 8.93. The van der Waals surface area contributed by atoms with Crippen molar-refractivity contribution in [1.29, 1.82) is 0 Å². The van der Waals surface area contributed by atoms with Crippen molar-refractivity contribution in [2.75, 3.05) is 25.5 Å². The van der Waals surface area contributed by atoms with Gasteiger partial charge in [-0.15, -0.1) is 0 Å². The molecule has 0 spiro atoms. The Morgan fingerprint density at radius 3 is 2.32 bits per heavy atom. The zero-order valence-electron chi connectivity index (χ0n) is 12.1. The molecule has 6 nitrogen and oxygen atoms in total. The summed E-state index contributed by atoms with van der Waals surface area (Å²) in [6.45, 7) is 10.4. The molecule has 0 saturated carbocycles. The fourth-order valence-corrected chi connectivity index (χ4v) is 2.06. The summed E-state index contributed by atoms with van der Waals surface area (Å²) in [6.07, 6.45) is 0. The molecular weight excluding hydrogens is 266 g/mol. The number of ether oxygens (including phenoxy) is 1. The fraction of sp³-hybridized carbons (Fsp3) is 0.750. The molecule has 0 bridgehead atoms. The molecule has 0 saturated heterocycles. The minimum Gasteiger partial charge on any atom is -0.467 e. The van der Waals surface area contributed by atoms with Crippen molar-refractivity contribution < 1.29 is 4.74 Å². The first kappa shape index (κ1) is 15.9. The SMILES string of the molecule is COc1nc(Cl)nc(NCCN(C(C)C)C(C)C)n1. The number of halogens is 1. The summed E-state index contributed by atoms with van der Waals surface area (Å²) in [5, 5.41) is 3.26. The van der Waals surface area contributed by atoms with Crippen molar-refractivity contribution in [1.82, 2.24) is 19.9 Å². The van der Waals surface area contributed by atoms with E-state index in [0.29, 0.717) is 18.0 Å². The van der Waals surface area contributed by atoms with Crippen molar-refractivity contribution in [3.8, 4) is 6.01 Å². The molecule has 1 rings (SSSR count). The molecule has 0 aliphatic rings. The Bertz CT molecular complexity index is 392. The van der Waals surface area contributed by atoms with Gasteiger partial charge in [0.05, 0.1) is 7.11 Å². The molecule has 7 heteroatoms. The van der Waals surface area contributed by atoms with Crippen LogP contribution in [0.1, 0.15) is 27.7 Å². The molecule has 19 heavy (non-hydrogen) atoms. The fourth-order valence-electron chi connectivity index (χ4n) is 1.91. The highest BCUT2D eigenvalue weighted by Crippen LogP contribution is 2.11. The van der Waals surface area contributed by atoms with Crippen LogP contribution in [0.4, 0.5) is 5.95 Å². The van der Waals surface area contributed by atoms with Crippen molar-refractivity contribution in [3.05, 3.63) is 5.28 Å². The lowest BCUT2D eigenvalue weighted by Gasteiger charge is -2.30. The molecule has 0 aliphatic carbocycles. The van der Waals surface area contributed by atoms with E-state index in [2.05, 4.69) is 52.9 Å². The molecule has 0 aromatic carbocycles. The monoisotopic (exact) mass is 287 g/mol. The number of hydrogen-bond acceptors (Lipinski definition) is 6. The smallest absolute Gasteiger partial charge is 0.322 e. The molecule has 108 valence electrons. The van der Waals surface area contributed by atoms with Gasteiger partial charge in [0.15, 0.2) is 0 Å². The van der Waals surface area contributed by atoms with Crippen LogP contribution in [0.2, 0.25) is 5.28 Å². The van der Waals surface area contributed by atoms with E-state index >= 15 is 0 Å². The van der Waals surface area contributed by atoms with Crippen molar-refractivity contribution in [3.63, 3.8) is 0 Å². The predicted molar refractivity (Wildman–Crippen MR) is 76.9 cm³/mol. The van der Waals surface area contributed by atoms with Crippen LogP contribution in [0, 0.1) is 0 Å². The molecule has 0 fully saturated rings. The second-order valence-electron chi connectivity index (χ2n) is 4.77. The third-order valence-corrected chi connectivity index (χ3v) is 2.92. The van der Waals surface area contributed by atoms with Gasteiger partial charge in [0.2, 0.25) is 11.2 Å². The van der Waals surface area contributed by atoms with Crippen LogP contribution >= 0.6 is 11.6 Å². The molecule has 0 atom stereocenters. The summed E-state index contributed by atoms with van der Waals surface area (Å²) in [5.41, 5.74) is 0. The standard InChI is InChI=1S/C12H22ClN5O/c1-8(2)18(9(3)4)7-6-14-11-15-10(13)16-12(17-11)19-5/h8-9H,6-7H2,1-5H3,(H,14,15,16,17). The highest BCUT2D eigenvalue weighted by atomic mass is 35.5. The molecule has 0 amide bonds. The van der Waals surface area contributed by atoms with Crippen LogP contribution in [0.5, 0.6) is 6.01 Å². The average molecular weight is 288 g/mol. The number of hydrogen-bond donors (Lipinski definition) is 1. The number of aromatic nitrogens is 3. The average Bonchev–Trinajstić information content (AvgIpc) is 2.32. The summed E-state index contributed by atoms with van der Waals surface area (Å²) in [4.78, 5) is 14.3. The summed E-state index contributed by atoms with van der Waals surface area (Å²) in [7, 11) is 1.49. The van der Waals surface area contributed by atoms with Crippen LogP contribution in [0.3, 0.4) is 0 Å². The lowest BCUT2D eigenvalue weighted by Crippen LogP contribution is -2.40. The normalized spacial score (nSPS) is 11.4. The Morgan fingerprint density at radius 1 is 1.16 bits per heavy atom. The van der Waals surface area contributed by atoms with E-state index < -0.39 is 0 Å². The Hall–Kier alpha value is -1.14. The number of anilines is 1. The quantitative estimate of drug-likeness (QED) is 0.828. The number of methoxy groups -OCH3 is 1. The maximum atomic E-state index is 5.78. The van der Waals surface area contributed by atoms with E-state index in [1.807, 2.05) is 0 Å². The lowest BCUT2D eigenvalue weighted by molar-refractivity contribution is 0.182. The van der Waals surface area contributed by atoms with Crippen LogP contribution in [0.25, 0.3) is 0 Å². The Balaban J connectivity index is 2.55.